The molecule has 0 aliphatic heterocycles. The lowest BCUT2D eigenvalue weighted by molar-refractivity contribution is -0.137. The highest BCUT2D eigenvalue weighted by molar-refractivity contribution is 5.88. The number of hydrogen-bond donors (Lipinski definition) is 2. The minimum Gasteiger partial charge on any atom is -0.464 e. The van der Waals surface area contributed by atoms with E-state index in [1.54, 1.807) is 0 Å². The van der Waals surface area contributed by atoms with Gasteiger partial charge in [0.2, 0.25) is 0 Å². The third kappa shape index (κ3) is 3.11. The van der Waals surface area contributed by atoms with Crippen molar-refractivity contribution in [2.45, 2.75) is 6.18 Å². The number of hydrogen-bond acceptors (Lipinski definition) is 3. The number of ether oxygens (including phenoxy) is 1. The Hall–Kier alpha value is -2.44. The quantitative estimate of drug-likeness (QED) is 0.847. The summed E-state index contributed by atoms with van der Waals surface area (Å²) in [6.45, 7) is 0. The first-order valence-electron chi connectivity index (χ1n) is 5.61. The van der Waals surface area contributed by atoms with Crippen molar-refractivity contribution in [3.05, 3.63) is 47.8 Å². The molecule has 2 aromatic rings. The maximum Gasteiger partial charge on any atom is 0.416 e. The molecule has 0 spiro atoms. The Kier molecular flexibility index (Phi) is 3.69. The molecule has 0 aliphatic rings. The lowest BCUT2D eigenvalue weighted by atomic mass is 10.2. The molecular weight excluding hydrogens is 273 g/mol. The van der Waals surface area contributed by atoms with Crippen molar-refractivity contribution in [3.63, 3.8) is 0 Å². The number of alkyl halides is 3. The second-order valence-corrected chi connectivity index (χ2v) is 3.99. The number of aromatic nitrogens is 1. The van der Waals surface area contributed by atoms with E-state index in [9.17, 15) is 18.0 Å². The normalized spacial score (nSPS) is 11.2. The highest BCUT2D eigenvalue weighted by atomic mass is 19.4. The number of H-pyrrole nitrogens is 1. The van der Waals surface area contributed by atoms with Crippen LogP contribution < -0.4 is 5.32 Å². The monoisotopic (exact) mass is 284 g/mol. The molecule has 0 unspecified atom stereocenters. The third-order valence-corrected chi connectivity index (χ3v) is 2.59. The molecule has 0 radical (unpaired) electrons. The van der Waals surface area contributed by atoms with Gasteiger partial charge in [0.25, 0.3) is 0 Å². The van der Waals surface area contributed by atoms with Crippen molar-refractivity contribution in [3.8, 4) is 0 Å². The molecule has 2 rings (SSSR count). The van der Waals surface area contributed by atoms with Gasteiger partial charge in [-0.2, -0.15) is 13.2 Å². The van der Waals surface area contributed by atoms with E-state index >= 15 is 0 Å². The van der Waals surface area contributed by atoms with E-state index in [1.165, 1.54) is 31.5 Å². The molecule has 2 N–H and O–H groups in total. The van der Waals surface area contributed by atoms with E-state index < -0.39 is 17.7 Å². The summed E-state index contributed by atoms with van der Waals surface area (Å²) in [5.74, 6) is -0.523. The Morgan fingerprint density at radius 1 is 1.20 bits per heavy atom. The molecule has 7 heteroatoms. The minimum atomic E-state index is -4.36. The average molecular weight is 284 g/mol. The van der Waals surface area contributed by atoms with Crippen LogP contribution >= 0.6 is 0 Å². The van der Waals surface area contributed by atoms with Gasteiger partial charge in [0, 0.05) is 11.9 Å². The number of aromatic amines is 1. The van der Waals surface area contributed by atoms with Crippen LogP contribution in [-0.2, 0) is 10.9 Å². The summed E-state index contributed by atoms with van der Waals surface area (Å²) in [6.07, 6.45) is -2.84. The smallest absolute Gasteiger partial charge is 0.416 e. The Morgan fingerprint density at radius 3 is 2.40 bits per heavy atom. The van der Waals surface area contributed by atoms with Gasteiger partial charge in [-0.3, -0.25) is 0 Å². The van der Waals surface area contributed by atoms with Crippen LogP contribution in [0.2, 0.25) is 0 Å². The van der Waals surface area contributed by atoms with Gasteiger partial charge >= 0.3 is 12.1 Å². The molecule has 0 saturated carbocycles. The summed E-state index contributed by atoms with van der Waals surface area (Å²) >= 11 is 0. The summed E-state index contributed by atoms with van der Waals surface area (Å²) in [5, 5.41) is 2.88. The maximum atomic E-state index is 12.4. The summed E-state index contributed by atoms with van der Waals surface area (Å²) in [6, 6.07) is 6.09. The van der Waals surface area contributed by atoms with Crippen molar-refractivity contribution in [1.82, 2.24) is 4.98 Å². The predicted octanol–water partition coefficient (Wildman–Crippen LogP) is 3.56. The van der Waals surface area contributed by atoms with Crippen LogP contribution in [-0.4, -0.2) is 18.1 Å². The average Bonchev–Trinajstić information content (AvgIpc) is 2.86. The van der Waals surface area contributed by atoms with Crippen LogP contribution in [0.25, 0.3) is 0 Å². The van der Waals surface area contributed by atoms with Crippen molar-refractivity contribution >= 4 is 17.3 Å². The van der Waals surface area contributed by atoms with Crippen LogP contribution in [0.15, 0.2) is 36.5 Å². The largest absolute Gasteiger partial charge is 0.464 e. The first-order valence-corrected chi connectivity index (χ1v) is 5.61. The zero-order valence-corrected chi connectivity index (χ0v) is 10.4. The van der Waals surface area contributed by atoms with E-state index in [2.05, 4.69) is 15.0 Å². The highest BCUT2D eigenvalue weighted by Gasteiger charge is 2.29. The molecule has 0 fully saturated rings. The molecule has 20 heavy (non-hydrogen) atoms. The van der Waals surface area contributed by atoms with Crippen molar-refractivity contribution in [2.24, 2.45) is 0 Å². The topological polar surface area (TPSA) is 54.1 Å². The van der Waals surface area contributed by atoms with E-state index in [4.69, 9.17) is 0 Å². The van der Waals surface area contributed by atoms with Gasteiger partial charge < -0.3 is 15.0 Å². The van der Waals surface area contributed by atoms with Crippen LogP contribution in [0.3, 0.4) is 0 Å². The molecule has 106 valence electrons. The zero-order valence-electron chi connectivity index (χ0n) is 10.4. The summed E-state index contributed by atoms with van der Waals surface area (Å²) in [7, 11) is 1.26. The van der Waals surface area contributed by atoms with Crippen molar-refractivity contribution in [1.29, 1.82) is 0 Å². The number of esters is 1. The van der Waals surface area contributed by atoms with Gasteiger partial charge in [0.05, 0.1) is 18.4 Å². The standard InChI is InChI=1S/C13H11F3N2O2/c1-20-12(19)11-6-10(7-17-11)18-9-4-2-8(3-5-9)13(14,15)16/h2-7,17-18H,1H3. The van der Waals surface area contributed by atoms with E-state index in [1.807, 2.05) is 0 Å². The highest BCUT2D eigenvalue weighted by Crippen LogP contribution is 2.30. The number of nitrogens with one attached hydrogen (secondary N) is 2. The summed E-state index contributed by atoms with van der Waals surface area (Å²) in [4.78, 5) is 13.9. The molecule has 1 aromatic heterocycles. The molecule has 1 aromatic carbocycles. The molecule has 4 nitrogen and oxygen atoms in total. The summed E-state index contributed by atoms with van der Waals surface area (Å²) < 4.78 is 41.7. The molecule has 0 aliphatic carbocycles. The lowest BCUT2D eigenvalue weighted by Gasteiger charge is -2.08. The first kappa shape index (κ1) is 14.0. The molecular formula is C13H11F3N2O2. The molecule has 0 saturated heterocycles. The summed E-state index contributed by atoms with van der Waals surface area (Å²) in [5.41, 5.74) is 0.563. The lowest BCUT2D eigenvalue weighted by Crippen LogP contribution is -2.04. The van der Waals surface area contributed by atoms with Gasteiger partial charge in [-0.15, -0.1) is 0 Å². The number of halogens is 3. The van der Waals surface area contributed by atoms with Crippen LogP contribution in [0, 0.1) is 0 Å². The van der Waals surface area contributed by atoms with Gasteiger partial charge in [0.1, 0.15) is 5.69 Å². The van der Waals surface area contributed by atoms with Crippen LogP contribution in [0.1, 0.15) is 16.1 Å². The second-order valence-electron chi connectivity index (χ2n) is 3.99. The fourth-order valence-corrected chi connectivity index (χ4v) is 1.60. The Labute approximate surface area is 112 Å². The Balaban J connectivity index is 2.10. The number of carbonyl (C=O) groups is 1. The predicted molar refractivity (Wildman–Crippen MR) is 66.9 cm³/mol. The number of benzene rings is 1. The first-order chi connectivity index (χ1) is 9.40. The number of rotatable bonds is 3. The Bertz CT molecular complexity index is 603. The van der Waals surface area contributed by atoms with Gasteiger partial charge in [-0.25, -0.2) is 4.79 Å². The Morgan fingerprint density at radius 2 is 1.85 bits per heavy atom. The van der Waals surface area contributed by atoms with Gasteiger partial charge in [-0.05, 0) is 30.3 Å². The molecule has 0 bridgehead atoms. The maximum absolute atomic E-state index is 12.4. The van der Waals surface area contributed by atoms with E-state index in [0.717, 1.165) is 12.1 Å². The molecule has 0 atom stereocenters. The van der Waals surface area contributed by atoms with Crippen molar-refractivity contribution < 1.29 is 22.7 Å². The van der Waals surface area contributed by atoms with E-state index in [-0.39, 0.29) is 5.69 Å². The number of methoxy groups -OCH3 is 1. The number of carbonyl (C=O) groups excluding carboxylic acids is 1. The van der Waals surface area contributed by atoms with Crippen LogP contribution in [0.4, 0.5) is 24.5 Å². The van der Waals surface area contributed by atoms with Crippen molar-refractivity contribution in [2.75, 3.05) is 12.4 Å². The SMILES string of the molecule is COC(=O)c1cc(Nc2ccc(C(F)(F)F)cc2)c[nH]1. The number of anilines is 2. The molecule has 1 heterocycles. The fraction of sp³-hybridized carbons (Fsp3) is 0.154. The van der Waals surface area contributed by atoms with Gasteiger partial charge in [-0.1, -0.05) is 0 Å². The van der Waals surface area contributed by atoms with E-state index in [0.29, 0.717) is 11.4 Å². The third-order valence-electron chi connectivity index (χ3n) is 2.59. The zero-order chi connectivity index (χ0) is 14.8. The minimum absolute atomic E-state index is 0.252. The van der Waals surface area contributed by atoms with Crippen LogP contribution in [0.5, 0.6) is 0 Å². The van der Waals surface area contributed by atoms with Gasteiger partial charge in [0.15, 0.2) is 0 Å². The fourth-order valence-electron chi connectivity index (χ4n) is 1.60. The second kappa shape index (κ2) is 5.28. The molecule has 0 amide bonds.